The topological polar surface area (TPSA) is 316 Å². The quantitative estimate of drug-likeness (QED) is 0.0247. The highest BCUT2D eigenvalue weighted by atomic mass is 16.6. The molecule has 5 unspecified atom stereocenters. The van der Waals surface area contributed by atoms with Gasteiger partial charge < -0.3 is 82.6 Å². The Bertz CT molecular complexity index is 3990. The fourth-order valence-corrected chi connectivity index (χ4v) is 22.3. The van der Waals surface area contributed by atoms with Crippen LogP contribution in [0.2, 0.25) is 0 Å². The molecule has 0 bridgehead atoms. The van der Waals surface area contributed by atoms with Gasteiger partial charge in [0.15, 0.2) is 0 Å². The number of carbonyl (C=O) groups excluding carboxylic acids is 5. The Kier molecular flexibility index (Phi) is 46.6. The van der Waals surface area contributed by atoms with Crippen molar-refractivity contribution in [3.63, 3.8) is 0 Å². The van der Waals surface area contributed by atoms with Crippen LogP contribution < -0.4 is 0 Å². The van der Waals surface area contributed by atoms with Crippen LogP contribution in [0, 0.1) is 11.8 Å². The zero-order chi connectivity index (χ0) is 99.9. The second-order valence-corrected chi connectivity index (χ2v) is 40.2. The molecule has 5 aromatic heterocycles. The molecule has 0 saturated carbocycles. The van der Waals surface area contributed by atoms with E-state index >= 15 is 0 Å². The van der Waals surface area contributed by atoms with E-state index in [1.165, 1.54) is 12.8 Å². The van der Waals surface area contributed by atoms with Crippen LogP contribution in [-0.2, 0) is 89.2 Å². The normalized spacial score (nSPS) is 29.7. The number of amides is 5. The second-order valence-electron chi connectivity index (χ2n) is 40.2. The van der Waals surface area contributed by atoms with E-state index in [-0.39, 0.29) is 143 Å². The lowest BCUT2D eigenvalue weighted by atomic mass is 9.83. The summed E-state index contributed by atoms with van der Waals surface area (Å²) in [7, 11) is 0. The third kappa shape index (κ3) is 28.7. The molecular weight excluding hydrogens is 1690 g/mol. The minimum Gasteiger partial charge on any atom is -0.355 e. The lowest BCUT2D eigenvalue weighted by Crippen LogP contribution is -2.48. The monoisotopic (exact) mass is 1880 g/mol. The number of H-pyrrole nitrogens is 5. The van der Waals surface area contributed by atoms with Gasteiger partial charge in [0.25, 0.3) is 0 Å². The minimum absolute atomic E-state index is 0.0574. The third-order valence-electron chi connectivity index (χ3n) is 30.1. The van der Waals surface area contributed by atoms with Crippen molar-refractivity contribution >= 4 is 29.5 Å². The Balaban J connectivity index is 0.000000241. The Labute approximate surface area is 809 Å². The molecule has 5 aromatic rings. The van der Waals surface area contributed by atoms with Gasteiger partial charge in [0.1, 0.15) is 43.6 Å². The zero-order valence-corrected chi connectivity index (χ0v) is 89.5. The van der Waals surface area contributed by atoms with E-state index in [1.807, 2.05) is 69.3 Å². The summed E-state index contributed by atoms with van der Waals surface area (Å²) in [6, 6.07) is 1.50. The van der Waals surface area contributed by atoms with Crippen LogP contribution in [0.15, 0.2) is 62.6 Å². The van der Waals surface area contributed by atoms with E-state index in [1.54, 1.807) is 52.4 Å². The highest BCUT2D eigenvalue weighted by molar-refractivity contribution is 5.78. The molecule has 134 heavy (non-hydrogen) atoms. The molecule has 0 spiro atoms. The van der Waals surface area contributed by atoms with Gasteiger partial charge in [0.2, 0.25) is 29.5 Å². The molecule has 764 valence electrons. The first-order chi connectivity index (χ1) is 63.7. The number of aromatic amines is 5. The van der Waals surface area contributed by atoms with Crippen molar-refractivity contribution in [2.45, 2.75) is 526 Å². The van der Waals surface area contributed by atoms with Crippen molar-refractivity contribution in [1.29, 1.82) is 0 Å². The standard InChI is InChI=1S/2C16H27N3O2.3C15H25N3O2.2C14H29NO/c1-5-7-15-19(12(3)20)14(9-13-10-17-11-18-13)16(4,21-15)8-6-2;1-5-8-15-19(14(20)6-2)13(16(4,7-3)21-15)9-12-10-17-11-18-12;1-5-7-14-18(11(3)19)13(15(4,6-2)20-14)8-12-9-16-10-17-12;1-5-7-15(4)13(8-12-9-16-10-17-12)18(11(3)19)14(6-2)20-15;1-5-13(19)18-12(8-11-9-16-10-17-11)15(4,7-3)20-14(18)6-2;2*1-7-14(8-2)13(10-11(4)5)15(9-3)12(6)16-14/h10-11,14-15H,5-9H2,1-4H3,(H,17,18);10-11,13,15H,5-9H2,1-4H3,(H,17,18);2*9-10,13-14H,5-8H2,1-4H3,(H,16,17);9-10,12,14H,5-8H2,1-4H3,(H,16,17);2*11-13H,7-10H2,1-6H3/t14-,15-,16?;13-,15-,16?;2*13-,14-,15?;12-,14-,15?;2*12-,13-/m0000000/s1. The lowest BCUT2D eigenvalue weighted by molar-refractivity contribution is -0.139. The van der Waals surface area contributed by atoms with Gasteiger partial charge in [0, 0.05) is 137 Å². The molecule has 7 aliphatic rings. The fourth-order valence-electron chi connectivity index (χ4n) is 22.3. The number of nitrogens with zero attached hydrogens (tertiary/aromatic N) is 12. The number of hydrogen-bond acceptors (Lipinski definition) is 19. The van der Waals surface area contributed by atoms with Gasteiger partial charge in [-0.05, 0) is 176 Å². The summed E-state index contributed by atoms with van der Waals surface area (Å²) in [6.07, 6.45) is 43.4. The lowest BCUT2D eigenvalue weighted by Gasteiger charge is -2.35. The summed E-state index contributed by atoms with van der Waals surface area (Å²) in [5.74, 6) is 2.09. The van der Waals surface area contributed by atoms with Crippen LogP contribution in [0.3, 0.4) is 0 Å². The molecule has 5 N–H and O–H groups in total. The number of rotatable bonds is 37. The summed E-state index contributed by atoms with van der Waals surface area (Å²) in [6.45, 7) is 69.9. The molecular formula is C105H187N17O12. The molecule has 29 heteroatoms. The van der Waals surface area contributed by atoms with E-state index in [9.17, 15) is 24.0 Å². The van der Waals surface area contributed by atoms with Crippen molar-refractivity contribution in [3.8, 4) is 0 Å². The Morgan fingerprint density at radius 3 is 0.791 bits per heavy atom. The maximum atomic E-state index is 12.5. The number of likely N-dealkylation sites (N-methyl/N-ethyl adjacent to an activating group) is 2. The summed E-state index contributed by atoms with van der Waals surface area (Å²) in [5.41, 5.74) is 3.97. The maximum absolute atomic E-state index is 12.5. The third-order valence-corrected chi connectivity index (χ3v) is 30.1. The fraction of sp³-hybridized carbons (Fsp3) is 0.810. The number of ether oxygens (including phenoxy) is 7. The molecule has 29 nitrogen and oxygen atoms in total. The van der Waals surface area contributed by atoms with Crippen LogP contribution in [0.5, 0.6) is 0 Å². The van der Waals surface area contributed by atoms with E-state index < -0.39 is 0 Å². The molecule has 12 rings (SSSR count). The molecule has 7 saturated heterocycles. The first-order valence-electron chi connectivity index (χ1n) is 52.3. The smallest absolute Gasteiger partial charge is 0.224 e. The molecule has 0 aromatic carbocycles. The molecule has 5 amide bonds. The van der Waals surface area contributed by atoms with Gasteiger partial charge >= 0.3 is 0 Å². The van der Waals surface area contributed by atoms with Crippen molar-refractivity contribution in [2.75, 3.05) is 13.1 Å². The molecule has 0 aliphatic carbocycles. The van der Waals surface area contributed by atoms with E-state index in [4.69, 9.17) is 33.2 Å². The largest absolute Gasteiger partial charge is 0.355 e. The van der Waals surface area contributed by atoms with E-state index in [0.717, 1.165) is 207 Å². The first kappa shape index (κ1) is 116. The Morgan fingerprint density at radius 1 is 0.328 bits per heavy atom. The van der Waals surface area contributed by atoms with Crippen molar-refractivity contribution < 1.29 is 57.1 Å². The predicted molar refractivity (Wildman–Crippen MR) is 534 cm³/mol. The van der Waals surface area contributed by atoms with E-state index in [2.05, 4.69) is 247 Å². The van der Waals surface area contributed by atoms with E-state index in [0.29, 0.717) is 24.9 Å². The van der Waals surface area contributed by atoms with Crippen LogP contribution in [0.4, 0.5) is 0 Å². The van der Waals surface area contributed by atoms with Crippen molar-refractivity contribution in [2.24, 2.45) is 11.8 Å². The number of imidazole rings is 5. The van der Waals surface area contributed by atoms with Crippen molar-refractivity contribution in [1.82, 2.24) is 84.1 Å². The maximum Gasteiger partial charge on any atom is 0.224 e. The second kappa shape index (κ2) is 54.0. The van der Waals surface area contributed by atoms with Crippen LogP contribution in [0.1, 0.15) is 398 Å². The molecule has 0 radical (unpaired) electrons. The Morgan fingerprint density at radius 2 is 0.567 bits per heavy atom. The highest BCUT2D eigenvalue weighted by Crippen LogP contribution is 2.47. The summed E-state index contributed by atoms with van der Waals surface area (Å²) in [5, 5.41) is 0. The average molecular weight is 1880 g/mol. The van der Waals surface area contributed by atoms with Crippen LogP contribution >= 0.6 is 0 Å². The minimum atomic E-state index is -0.296. The predicted octanol–water partition coefficient (Wildman–Crippen LogP) is 20.6. The van der Waals surface area contributed by atoms with Crippen molar-refractivity contribution in [3.05, 3.63) is 91.1 Å². The van der Waals surface area contributed by atoms with Gasteiger partial charge in [-0.1, -0.05) is 184 Å². The SMILES string of the molecule is CCC(=O)N1[C@H](CC)OC(C)(CC)[C@@H]1Cc1cnc[nH]1.CCCC1(C)O[C@@H](CC)N(C(C)=O)[C@H]1Cc1cnc[nH]1.CCC[C@@H]1OC(C)(CC)[C@H](Cc2cnc[nH]2)N1C(=O)CC.CCC[C@@H]1OC(C)(CC)[C@H](Cc2cnc[nH]2)N1C(C)=O.CCC[C@@H]1OC(C)(CCC)[C@H](Cc2cnc[nH]2)N1C(C)=O.CCN1[C@H](C)OC(CC)(CC)[C@@H]1CC(C)C.CCN1[C@H](C)OC(CC)(CC)[C@@H]1CC(C)C. The van der Waals surface area contributed by atoms with Crippen LogP contribution in [0.25, 0.3) is 0 Å². The molecule has 12 heterocycles. The molecule has 19 atom stereocenters. The molecule has 7 fully saturated rings. The van der Waals surface area contributed by atoms with Gasteiger partial charge in [-0.3, -0.25) is 33.8 Å². The number of nitrogens with one attached hydrogen (secondary N) is 5. The van der Waals surface area contributed by atoms with Gasteiger partial charge in [-0.25, -0.2) is 24.9 Å². The molecule has 7 aliphatic heterocycles. The Hall–Kier alpha value is -6.96. The zero-order valence-electron chi connectivity index (χ0n) is 89.5. The average Bonchev–Trinajstić information content (AvgIpc) is 1.60. The number of hydrogen-bond donors (Lipinski definition) is 5. The van der Waals surface area contributed by atoms with Gasteiger partial charge in [0.05, 0.1) is 101 Å². The van der Waals surface area contributed by atoms with Gasteiger partial charge in [-0.15, -0.1) is 0 Å². The summed E-state index contributed by atoms with van der Waals surface area (Å²) >= 11 is 0. The summed E-state index contributed by atoms with van der Waals surface area (Å²) in [4.78, 5) is 112. The highest BCUT2D eigenvalue weighted by Gasteiger charge is 2.57. The summed E-state index contributed by atoms with van der Waals surface area (Å²) < 4.78 is 43.9. The van der Waals surface area contributed by atoms with Crippen LogP contribution in [-0.4, -0.2) is 252 Å². The number of aromatic nitrogens is 10. The van der Waals surface area contributed by atoms with Gasteiger partial charge in [-0.2, -0.15) is 0 Å². The number of carbonyl (C=O) groups is 5. The first-order valence-corrected chi connectivity index (χ1v) is 52.3.